The van der Waals surface area contributed by atoms with Crippen LogP contribution in [0.15, 0.2) is 40.9 Å². The number of hydrogen-bond donors (Lipinski definition) is 0. The Balaban J connectivity index is 1.28. The van der Waals surface area contributed by atoms with E-state index in [1.165, 1.54) is 5.56 Å². The fourth-order valence-corrected chi connectivity index (χ4v) is 3.62. The Labute approximate surface area is 142 Å². The van der Waals surface area contributed by atoms with Crippen LogP contribution in [0.25, 0.3) is 0 Å². The molecule has 2 aromatic rings. The van der Waals surface area contributed by atoms with Crippen molar-refractivity contribution in [1.82, 2.24) is 15.0 Å². The molecule has 0 bridgehead atoms. The van der Waals surface area contributed by atoms with E-state index in [1.54, 1.807) is 0 Å². The number of benzene rings is 1. The van der Waals surface area contributed by atoms with Gasteiger partial charge in [0, 0.05) is 44.7 Å². The second-order valence-electron chi connectivity index (χ2n) is 6.89. The number of aromatic nitrogens is 1. The Morgan fingerprint density at radius 2 is 1.96 bits per heavy atom. The third kappa shape index (κ3) is 3.22. The van der Waals surface area contributed by atoms with Gasteiger partial charge in [0.1, 0.15) is 5.76 Å². The van der Waals surface area contributed by atoms with Gasteiger partial charge >= 0.3 is 0 Å². The molecular formula is C19H23N3O2. The van der Waals surface area contributed by atoms with Crippen molar-refractivity contribution in [2.75, 3.05) is 26.2 Å². The maximum Gasteiger partial charge on any atom is 0.226 e. The summed E-state index contributed by atoms with van der Waals surface area (Å²) in [5.74, 6) is 1.80. The average Bonchev–Trinajstić information content (AvgIpc) is 3.32. The minimum Gasteiger partial charge on any atom is -0.361 e. The Hall–Kier alpha value is -2.14. The minimum atomic E-state index is 0.192. The second kappa shape index (κ2) is 6.40. The standard InChI is InChI=1S/C19H23N3O2/c1-14-11-16(20-24-14)13-21-7-9-22(10-8-21)19(23)18-12-17(18)15-5-3-2-4-6-15/h2-6,11,17-18H,7-10,12-13H2,1H3/t17-,18-/m1/s1. The van der Waals surface area contributed by atoms with Crippen molar-refractivity contribution in [3.05, 3.63) is 53.4 Å². The van der Waals surface area contributed by atoms with E-state index in [4.69, 9.17) is 4.52 Å². The second-order valence-corrected chi connectivity index (χ2v) is 6.89. The van der Waals surface area contributed by atoms with E-state index in [-0.39, 0.29) is 5.92 Å². The number of hydrogen-bond acceptors (Lipinski definition) is 4. The number of aryl methyl sites for hydroxylation is 1. The van der Waals surface area contributed by atoms with Gasteiger partial charge in [0.05, 0.1) is 5.69 Å². The summed E-state index contributed by atoms with van der Waals surface area (Å²) in [7, 11) is 0. The van der Waals surface area contributed by atoms with Crippen molar-refractivity contribution >= 4 is 5.91 Å². The van der Waals surface area contributed by atoms with Crippen LogP contribution in [0.5, 0.6) is 0 Å². The lowest BCUT2D eigenvalue weighted by Crippen LogP contribution is -2.48. The first kappa shape index (κ1) is 15.4. The average molecular weight is 325 g/mol. The highest BCUT2D eigenvalue weighted by Crippen LogP contribution is 2.48. The van der Waals surface area contributed by atoms with Crippen LogP contribution in [0.4, 0.5) is 0 Å². The fraction of sp³-hybridized carbons (Fsp3) is 0.474. The van der Waals surface area contributed by atoms with Gasteiger partial charge in [0.25, 0.3) is 0 Å². The van der Waals surface area contributed by atoms with Crippen LogP contribution in [0.3, 0.4) is 0 Å². The normalized spacial score (nSPS) is 24.1. The van der Waals surface area contributed by atoms with Crippen LogP contribution in [0.2, 0.25) is 0 Å². The minimum absolute atomic E-state index is 0.192. The zero-order valence-corrected chi connectivity index (χ0v) is 14.0. The molecule has 1 amide bonds. The van der Waals surface area contributed by atoms with E-state index < -0.39 is 0 Å². The zero-order chi connectivity index (χ0) is 16.5. The quantitative estimate of drug-likeness (QED) is 0.866. The van der Waals surface area contributed by atoms with Crippen LogP contribution in [-0.2, 0) is 11.3 Å². The monoisotopic (exact) mass is 325 g/mol. The summed E-state index contributed by atoms with van der Waals surface area (Å²) < 4.78 is 5.12. The molecule has 0 N–H and O–H groups in total. The largest absolute Gasteiger partial charge is 0.361 e. The maximum atomic E-state index is 12.7. The molecule has 1 aromatic heterocycles. The summed E-state index contributed by atoms with van der Waals surface area (Å²) in [5.41, 5.74) is 2.27. The topological polar surface area (TPSA) is 49.6 Å². The maximum absolute atomic E-state index is 12.7. The molecule has 2 fully saturated rings. The van der Waals surface area contributed by atoms with Gasteiger partial charge in [0.15, 0.2) is 0 Å². The molecule has 1 aliphatic heterocycles. The van der Waals surface area contributed by atoms with Crippen LogP contribution < -0.4 is 0 Å². The Bertz CT molecular complexity index is 704. The Kier molecular flexibility index (Phi) is 4.10. The van der Waals surface area contributed by atoms with Crippen molar-refractivity contribution in [2.24, 2.45) is 5.92 Å². The molecule has 0 radical (unpaired) electrons. The van der Waals surface area contributed by atoms with Crippen LogP contribution in [-0.4, -0.2) is 47.0 Å². The lowest BCUT2D eigenvalue weighted by Gasteiger charge is -2.34. The van der Waals surface area contributed by atoms with Gasteiger partial charge in [-0.2, -0.15) is 0 Å². The molecule has 1 saturated heterocycles. The summed E-state index contributed by atoms with van der Waals surface area (Å²) in [6.45, 7) is 6.14. The Morgan fingerprint density at radius 3 is 2.62 bits per heavy atom. The number of carbonyl (C=O) groups is 1. The summed E-state index contributed by atoms with van der Waals surface area (Å²) in [6, 6.07) is 12.4. The zero-order valence-electron chi connectivity index (χ0n) is 14.0. The summed E-state index contributed by atoms with van der Waals surface area (Å²) >= 11 is 0. The van der Waals surface area contributed by atoms with Crippen molar-refractivity contribution < 1.29 is 9.32 Å². The Morgan fingerprint density at radius 1 is 1.21 bits per heavy atom. The van der Waals surface area contributed by atoms with Crippen LogP contribution in [0.1, 0.15) is 29.4 Å². The van der Waals surface area contributed by atoms with Gasteiger partial charge in [0.2, 0.25) is 5.91 Å². The van der Waals surface area contributed by atoms with E-state index in [9.17, 15) is 4.79 Å². The van der Waals surface area contributed by atoms with Crippen LogP contribution in [0, 0.1) is 12.8 Å². The first-order valence-electron chi connectivity index (χ1n) is 8.69. The van der Waals surface area contributed by atoms with Crippen molar-refractivity contribution in [2.45, 2.75) is 25.8 Å². The molecule has 2 heterocycles. The SMILES string of the molecule is Cc1cc(CN2CCN(C(=O)[C@@H]3C[C@@H]3c3ccccc3)CC2)no1. The summed E-state index contributed by atoms with van der Waals surface area (Å²) in [5, 5.41) is 4.05. The third-order valence-electron chi connectivity index (χ3n) is 5.08. The number of amides is 1. The molecular weight excluding hydrogens is 302 g/mol. The molecule has 0 unspecified atom stereocenters. The predicted octanol–water partition coefficient (Wildman–Crippen LogP) is 2.43. The van der Waals surface area contributed by atoms with Crippen molar-refractivity contribution in [3.63, 3.8) is 0 Å². The number of carbonyl (C=O) groups excluding carboxylic acids is 1. The van der Waals surface area contributed by atoms with Gasteiger partial charge in [-0.1, -0.05) is 35.5 Å². The molecule has 2 atom stereocenters. The van der Waals surface area contributed by atoms with Crippen LogP contribution >= 0.6 is 0 Å². The van der Waals surface area contributed by atoms with Gasteiger partial charge < -0.3 is 9.42 Å². The fourth-order valence-electron chi connectivity index (χ4n) is 3.62. The van der Waals surface area contributed by atoms with Gasteiger partial charge in [-0.15, -0.1) is 0 Å². The van der Waals surface area contributed by atoms with E-state index in [0.29, 0.717) is 11.8 Å². The molecule has 1 aromatic carbocycles. The highest BCUT2D eigenvalue weighted by molar-refractivity contribution is 5.83. The van der Waals surface area contributed by atoms with Crippen molar-refractivity contribution in [3.8, 4) is 0 Å². The molecule has 0 spiro atoms. The molecule has 2 aliphatic rings. The lowest BCUT2D eigenvalue weighted by molar-refractivity contribution is -0.134. The smallest absolute Gasteiger partial charge is 0.226 e. The predicted molar refractivity (Wildman–Crippen MR) is 90.4 cm³/mol. The molecule has 1 saturated carbocycles. The first-order valence-corrected chi connectivity index (χ1v) is 8.69. The first-order chi connectivity index (χ1) is 11.7. The molecule has 24 heavy (non-hydrogen) atoms. The number of rotatable bonds is 4. The van der Waals surface area contributed by atoms with Gasteiger partial charge in [-0.25, -0.2) is 0 Å². The molecule has 4 rings (SSSR count). The van der Waals surface area contributed by atoms with E-state index in [1.807, 2.05) is 24.0 Å². The number of nitrogens with zero attached hydrogens (tertiary/aromatic N) is 3. The highest BCUT2D eigenvalue weighted by atomic mass is 16.5. The number of piperazine rings is 1. The van der Waals surface area contributed by atoms with E-state index >= 15 is 0 Å². The van der Waals surface area contributed by atoms with Gasteiger partial charge in [-0.05, 0) is 24.8 Å². The van der Waals surface area contributed by atoms with Crippen molar-refractivity contribution in [1.29, 1.82) is 0 Å². The summed E-state index contributed by atoms with van der Waals surface area (Å²) in [6.07, 6.45) is 1.00. The van der Waals surface area contributed by atoms with E-state index in [0.717, 1.165) is 50.6 Å². The lowest BCUT2D eigenvalue weighted by atomic mass is 10.1. The highest BCUT2D eigenvalue weighted by Gasteiger charge is 2.45. The molecule has 1 aliphatic carbocycles. The third-order valence-corrected chi connectivity index (χ3v) is 5.08. The molecule has 5 heteroatoms. The molecule has 126 valence electrons. The van der Waals surface area contributed by atoms with Gasteiger partial charge in [-0.3, -0.25) is 9.69 Å². The van der Waals surface area contributed by atoms with E-state index in [2.05, 4.69) is 34.3 Å². The molecule has 5 nitrogen and oxygen atoms in total. The summed E-state index contributed by atoms with van der Waals surface area (Å²) in [4.78, 5) is 17.1.